The Kier molecular flexibility index (Phi) is 5.33. The van der Waals surface area contributed by atoms with Gasteiger partial charge >= 0.3 is 5.97 Å². The molecule has 0 saturated heterocycles. The predicted octanol–water partition coefficient (Wildman–Crippen LogP) is 2.90. The molecule has 5 heteroatoms. The Hall–Kier alpha value is -0.650. The molecule has 5 nitrogen and oxygen atoms in total. The first-order valence-electron chi connectivity index (χ1n) is 11.4. The Morgan fingerprint density at radius 2 is 1.93 bits per heavy atom. The second kappa shape index (κ2) is 7.24. The molecule has 4 fully saturated rings. The van der Waals surface area contributed by atoms with Crippen molar-refractivity contribution in [3.63, 3.8) is 0 Å². The smallest absolute Gasteiger partial charge is 0.302 e. The summed E-state index contributed by atoms with van der Waals surface area (Å²) in [5.41, 5.74) is -0.100. The molecule has 10 atom stereocenters. The van der Waals surface area contributed by atoms with Crippen LogP contribution in [-0.2, 0) is 9.53 Å². The zero-order chi connectivity index (χ0) is 20.3. The molecular weight excluding hydrogens is 356 g/mol. The van der Waals surface area contributed by atoms with Gasteiger partial charge in [-0.2, -0.15) is 0 Å². The number of carbonyl (C=O) groups excluding carboxylic acids is 1. The van der Waals surface area contributed by atoms with E-state index in [1.165, 1.54) is 6.92 Å². The van der Waals surface area contributed by atoms with Crippen LogP contribution in [0.1, 0.15) is 72.1 Å². The van der Waals surface area contributed by atoms with E-state index in [-0.39, 0.29) is 53.6 Å². The standard InChI is InChI=1S/C23H38O5/c1-13(25)19-11-20(27)21-17-5-4-15-10-16(28-14(2)26)6-9-23(15,12-24)18(17)7-8-22(19,21)3/h13,15-21,24-25,27H,4-12H2,1-3H3/t13-,15-,16-,17+,18-,19+,20+,21-,22+,23+/m0/s1. The van der Waals surface area contributed by atoms with Crippen LogP contribution < -0.4 is 0 Å². The molecule has 0 bridgehead atoms. The lowest BCUT2D eigenvalue weighted by Crippen LogP contribution is -2.58. The lowest BCUT2D eigenvalue weighted by Gasteiger charge is -2.61. The van der Waals surface area contributed by atoms with Crippen LogP contribution >= 0.6 is 0 Å². The van der Waals surface area contributed by atoms with Gasteiger partial charge in [0.05, 0.1) is 12.2 Å². The maximum atomic E-state index is 11.4. The van der Waals surface area contributed by atoms with Gasteiger partial charge in [-0.05, 0) is 98.7 Å². The third-order valence-electron chi connectivity index (χ3n) is 9.58. The fourth-order valence-electron chi connectivity index (χ4n) is 8.52. The largest absolute Gasteiger partial charge is 0.463 e. The number of aliphatic hydroxyl groups excluding tert-OH is 3. The molecule has 0 aromatic rings. The van der Waals surface area contributed by atoms with Gasteiger partial charge < -0.3 is 20.1 Å². The van der Waals surface area contributed by atoms with Gasteiger partial charge in [0.15, 0.2) is 0 Å². The lowest BCUT2D eigenvalue weighted by atomic mass is 9.44. The van der Waals surface area contributed by atoms with E-state index >= 15 is 0 Å². The van der Waals surface area contributed by atoms with Crippen LogP contribution in [0.3, 0.4) is 0 Å². The fourth-order valence-corrected chi connectivity index (χ4v) is 8.52. The van der Waals surface area contributed by atoms with Gasteiger partial charge in [0.2, 0.25) is 0 Å². The fraction of sp³-hybridized carbons (Fsp3) is 0.957. The summed E-state index contributed by atoms with van der Waals surface area (Å²) in [6.07, 6.45) is 6.78. The molecule has 0 amide bonds. The van der Waals surface area contributed by atoms with Gasteiger partial charge in [-0.3, -0.25) is 4.79 Å². The third kappa shape index (κ3) is 2.95. The van der Waals surface area contributed by atoms with E-state index in [4.69, 9.17) is 4.74 Å². The highest BCUT2D eigenvalue weighted by Crippen LogP contribution is 2.67. The first-order chi connectivity index (χ1) is 13.2. The van der Waals surface area contributed by atoms with Gasteiger partial charge in [-0.1, -0.05) is 6.92 Å². The number of fused-ring (bicyclic) bond motifs is 5. The van der Waals surface area contributed by atoms with Crippen LogP contribution in [0.5, 0.6) is 0 Å². The molecule has 4 rings (SSSR count). The summed E-state index contributed by atoms with van der Waals surface area (Å²) in [4.78, 5) is 11.4. The zero-order valence-electron chi connectivity index (χ0n) is 17.6. The summed E-state index contributed by atoms with van der Waals surface area (Å²) in [6.45, 7) is 5.84. The van der Waals surface area contributed by atoms with E-state index in [2.05, 4.69) is 6.92 Å². The monoisotopic (exact) mass is 394 g/mol. The first-order valence-corrected chi connectivity index (χ1v) is 11.4. The Balaban J connectivity index is 1.60. The van der Waals surface area contributed by atoms with E-state index < -0.39 is 0 Å². The molecule has 4 aliphatic carbocycles. The van der Waals surface area contributed by atoms with Crippen molar-refractivity contribution in [3.05, 3.63) is 0 Å². The highest BCUT2D eigenvalue weighted by Gasteiger charge is 2.64. The molecule has 0 unspecified atom stereocenters. The first kappa shape index (κ1) is 20.6. The van der Waals surface area contributed by atoms with Gasteiger partial charge in [-0.25, -0.2) is 0 Å². The van der Waals surface area contributed by atoms with E-state index in [1.54, 1.807) is 0 Å². The molecule has 160 valence electrons. The van der Waals surface area contributed by atoms with Crippen molar-refractivity contribution < 1.29 is 24.9 Å². The van der Waals surface area contributed by atoms with Crippen LogP contribution in [0.2, 0.25) is 0 Å². The molecule has 0 spiro atoms. The summed E-state index contributed by atoms with van der Waals surface area (Å²) >= 11 is 0. The maximum absolute atomic E-state index is 11.4. The number of carbonyl (C=O) groups is 1. The van der Waals surface area contributed by atoms with Crippen molar-refractivity contribution in [1.82, 2.24) is 0 Å². The van der Waals surface area contributed by atoms with Crippen LogP contribution in [0.25, 0.3) is 0 Å². The number of hydrogen-bond donors (Lipinski definition) is 3. The molecule has 0 radical (unpaired) electrons. The van der Waals surface area contributed by atoms with Crippen molar-refractivity contribution in [1.29, 1.82) is 0 Å². The van der Waals surface area contributed by atoms with Gasteiger partial charge in [0, 0.05) is 13.5 Å². The summed E-state index contributed by atoms with van der Waals surface area (Å²) in [5.74, 6) is 1.42. The zero-order valence-corrected chi connectivity index (χ0v) is 17.6. The number of ether oxygens (including phenoxy) is 1. The molecule has 3 N–H and O–H groups in total. The number of esters is 1. The highest BCUT2D eigenvalue weighted by molar-refractivity contribution is 5.66. The van der Waals surface area contributed by atoms with Gasteiger partial charge in [0.1, 0.15) is 6.10 Å². The van der Waals surface area contributed by atoms with Crippen molar-refractivity contribution >= 4 is 5.97 Å². The van der Waals surface area contributed by atoms with Gasteiger partial charge in [0.25, 0.3) is 0 Å². The SMILES string of the molecule is CC(=O)O[C@H]1CC[C@@]2(CO)[C@@H](CC[C@H]3[C@H]4[C@H](O)C[C@H]([C@H](C)O)[C@@]4(C)CC[C@@H]32)C1. The molecule has 28 heavy (non-hydrogen) atoms. The minimum Gasteiger partial charge on any atom is -0.463 e. The maximum Gasteiger partial charge on any atom is 0.302 e. The second-order valence-corrected chi connectivity index (χ2v) is 10.7. The molecule has 0 heterocycles. The van der Waals surface area contributed by atoms with Crippen LogP contribution in [0.15, 0.2) is 0 Å². The summed E-state index contributed by atoms with van der Waals surface area (Å²) < 4.78 is 5.52. The molecule has 0 aliphatic heterocycles. The van der Waals surface area contributed by atoms with Crippen LogP contribution in [0.4, 0.5) is 0 Å². The van der Waals surface area contributed by atoms with E-state index in [0.29, 0.717) is 24.2 Å². The molecule has 4 aliphatic rings. The van der Waals surface area contributed by atoms with Crippen LogP contribution in [-0.4, -0.2) is 46.2 Å². The number of hydrogen-bond acceptors (Lipinski definition) is 5. The van der Waals surface area contributed by atoms with E-state index in [0.717, 1.165) is 44.9 Å². The minimum absolute atomic E-state index is 0.00677. The molecular formula is C23H38O5. The average Bonchev–Trinajstić information content (AvgIpc) is 2.92. The Labute approximate surface area is 168 Å². The van der Waals surface area contributed by atoms with Crippen molar-refractivity contribution in [3.8, 4) is 0 Å². The second-order valence-electron chi connectivity index (χ2n) is 10.7. The Morgan fingerprint density at radius 3 is 2.57 bits per heavy atom. The quantitative estimate of drug-likeness (QED) is 0.641. The predicted molar refractivity (Wildman–Crippen MR) is 105 cm³/mol. The summed E-state index contributed by atoms with van der Waals surface area (Å²) in [5, 5.41) is 32.0. The summed E-state index contributed by atoms with van der Waals surface area (Å²) in [6, 6.07) is 0. The highest BCUT2D eigenvalue weighted by atomic mass is 16.5. The van der Waals surface area contributed by atoms with Crippen molar-refractivity contribution in [2.45, 2.75) is 90.4 Å². The van der Waals surface area contributed by atoms with Crippen LogP contribution in [0, 0.1) is 40.4 Å². The van der Waals surface area contributed by atoms with E-state index in [1.807, 2.05) is 6.92 Å². The van der Waals surface area contributed by atoms with Crippen molar-refractivity contribution in [2.75, 3.05) is 6.61 Å². The molecule has 0 aromatic heterocycles. The lowest BCUT2D eigenvalue weighted by molar-refractivity contribution is -0.177. The number of aliphatic hydroxyl groups is 3. The average molecular weight is 395 g/mol. The minimum atomic E-state index is -0.386. The van der Waals surface area contributed by atoms with Gasteiger partial charge in [-0.15, -0.1) is 0 Å². The topological polar surface area (TPSA) is 87.0 Å². The molecule has 4 saturated carbocycles. The Morgan fingerprint density at radius 1 is 1.18 bits per heavy atom. The van der Waals surface area contributed by atoms with Crippen molar-refractivity contribution in [2.24, 2.45) is 40.4 Å². The normalized spacial score (nSPS) is 51.6. The third-order valence-corrected chi connectivity index (χ3v) is 9.58. The number of rotatable bonds is 3. The molecule has 0 aromatic carbocycles. The van der Waals surface area contributed by atoms with E-state index in [9.17, 15) is 20.1 Å². The summed E-state index contributed by atoms with van der Waals surface area (Å²) in [7, 11) is 0. The Bertz CT molecular complexity index is 606.